The number of thiol groups is 2. The third-order valence-corrected chi connectivity index (χ3v) is 11.7. The summed E-state index contributed by atoms with van der Waals surface area (Å²) in [5.74, 6) is 0. The topological polar surface area (TPSA) is 0 Å². The third-order valence-electron chi connectivity index (χ3n) is 6.26. The van der Waals surface area contributed by atoms with E-state index >= 15 is 0 Å². The Morgan fingerprint density at radius 2 is 1.29 bits per heavy atom. The van der Waals surface area contributed by atoms with Crippen LogP contribution < -0.4 is 0 Å². The molecule has 7 rings (SSSR count). The van der Waals surface area contributed by atoms with Crippen molar-refractivity contribution in [3.05, 3.63) is 57.3 Å². The molecule has 2 aliphatic carbocycles. The van der Waals surface area contributed by atoms with Gasteiger partial charge in [-0.3, -0.25) is 0 Å². The summed E-state index contributed by atoms with van der Waals surface area (Å²) < 4.78 is 5.04. The Labute approximate surface area is 189 Å². The summed E-state index contributed by atoms with van der Waals surface area (Å²) in [6.07, 6.45) is 0. The molecule has 2 aliphatic rings. The SMILES string of the molecule is CC1(C)c2cc3c(cc2-c2sc4ccsc4c21)C(S)(S)c1c-3sc2ccsc12. The molecule has 1 aromatic carbocycles. The van der Waals surface area contributed by atoms with Gasteiger partial charge in [-0.05, 0) is 62.8 Å². The van der Waals surface area contributed by atoms with E-state index in [0.717, 1.165) is 0 Å². The van der Waals surface area contributed by atoms with E-state index in [1.807, 2.05) is 45.3 Å². The summed E-state index contributed by atoms with van der Waals surface area (Å²) in [4.78, 5) is 2.80. The summed E-state index contributed by atoms with van der Waals surface area (Å²) in [6, 6.07) is 9.33. The summed E-state index contributed by atoms with van der Waals surface area (Å²) in [5.41, 5.74) is 8.24. The van der Waals surface area contributed by atoms with Crippen LogP contribution in [0.5, 0.6) is 0 Å². The van der Waals surface area contributed by atoms with Crippen LogP contribution in [0.1, 0.15) is 36.1 Å². The first-order valence-corrected chi connectivity index (χ1v) is 13.3. The predicted octanol–water partition coefficient (Wildman–Crippen LogP) is 8.59. The van der Waals surface area contributed by atoms with Gasteiger partial charge in [0.25, 0.3) is 0 Å². The lowest BCUT2D eigenvalue weighted by atomic mass is 9.82. The molecule has 4 heterocycles. The molecule has 0 unspecified atom stereocenters. The Bertz CT molecular complexity index is 1350. The maximum atomic E-state index is 5.10. The van der Waals surface area contributed by atoms with Gasteiger partial charge in [0.15, 0.2) is 0 Å². The zero-order valence-corrected chi connectivity index (χ0v) is 20.0. The van der Waals surface area contributed by atoms with Gasteiger partial charge in [0.2, 0.25) is 0 Å². The van der Waals surface area contributed by atoms with Crippen molar-refractivity contribution in [3.8, 4) is 20.9 Å². The third kappa shape index (κ3) is 1.78. The predicted molar refractivity (Wildman–Crippen MR) is 135 cm³/mol. The van der Waals surface area contributed by atoms with Crippen LogP contribution in [0.25, 0.3) is 39.7 Å². The second-order valence-electron chi connectivity index (χ2n) is 8.08. The van der Waals surface area contributed by atoms with Gasteiger partial charge in [0.1, 0.15) is 4.08 Å². The first kappa shape index (κ1) is 17.0. The normalized spacial score (nSPS) is 17.9. The highest BCUT2D eigenvalue weighted by Gasteiger charge is 2.46. The van der Waals surface area contributed by atoms with E-state index in [1.54, 1.807) is 0 Å². The van der Waals surface area contributed by atoms with Crippen molar-refractivity contribution in [1.29, 1.82) is 0 Å². The van der Waals surface area contributed by atoms with Crippen molar-refractivity contribution in [2.75, 3.05) is 0 Å². The van der Waals surface area contributed by atoms with Crippen LogP contribution in [-0.2, 0) is 9.49 Å². The van der Waals surface area contributed by atoms with E-state index in [2.05, 4.69) is 48.9 Å². The molecule has 4 aromatic heterocycles. The first-order chi connectivity index (χ1) is 13.4. The van der Waals surface area contributed by atoms with E-state index in [4.69, 9.17) is 25.3 Å². The molecule has 0 fully saturated rings. The Balaban J connectivity index is 1.59. The molecular formula is C22H14S6. The first-order valence-electron chi connectivity index (χ1n) is 9.04. The zero-order chi connectivity index (χ0) is 19.0. The van der Waals surface area contributed by atoms with Crippen molar-refractivity contribution in [1.82, 2.24) is 0 Å². The lowest BCUT2D eigenvalue weighted by Crippen LogP contribution is -2.15. The van der Waals surface area contributed by atoms with Crippen molar-refractivity contribution >= 4 is 89.4 Å². The van der Waals surface area contributed by atoms with Gasteiger partial charge in [-0.1, -0.05) is 13.8 Å². The molecule has 5 aromatic rings. The number of hydrogen-bond acceptors (Lipinski definition) is 6. The summed E-state index contributed by atoms with van der Waals surface area (Å²) in [6.45, 7) is 4.76. The molecule has 0 N–H and O–H groups in total. The fourth-order valence-electron chi connectivity index (χ4n) is 4.96. The van der Waals surface area contributed by atoms with Crippen LogP contribution in [0.2, 0.25) is 0 Å². The van der Waals surface area contributed by atoms with Crippen molar-refractivity contribution < 1.29 is 0 Å². The highest BCUT2D eigenvalue weighted by molar-refractivity contribution is 8.00. The molecule has 0 bridgehead atoms. The zero-order valence-electron chi connectivity index (χ0n) is 15.0. The van der Waals surface area contributed by atoms with Crippen LogP contribution in [0.4, 0.5) is 0 Å². The molecule has 0 saturated heterocycles. The second kappa shape index (κ2) is 5.10. The van der Waals surface area contributed by atoms with E-state index in [0.29, 0.717) is 0 Å². The molecule has 0 aliphatic heterocycles. The van der Waals surface area contributed by atoms with E-state index in [1.165, 1.54) is 61.9 Å². The fourth-order valence-corrected chi connectivity index (χ4v) is 11.3. The molecule has 28 heavy (non-hydrogen) atoms. The van der Waals surface area contributed by atoms with Gasteiger partial charge in [0, 0.05) is 34.8 Å². The quantitative estimate of drug-likeness (QED) is 0.164. The van der Waals surface area contributed by atoms with Crippen LogP contribution in [0.15, 0.2) is 35.0 Å². The molecule has 0 nitrogen and oxygen atoms in total. The van der Waals surface area contributed by atoms with Crippen LogP contribution >= 0.6 is 70.6 Å². The fraction of sp³-hybridized carbons (Fsp3) is 0.182. The van der Waals surface area contributed by atoms with Gasteiger partial charge in [-0.15, -0.1) is 45.3 Å². The van der Waals surface area contributed by atoms with Crippen LogP contribution in [0, 0.1) is 0 Å². The summed E-state index contributed by atoms with van der Waals surface area (Å²) >= 11 is 17.7. The Kier molecular flexibility index (Phi) is 3.09. The lowest BCUT2D eigenvalue weighted by Gasteiger charge is -2.23. The molecule has 0 saturated carbocycles. The number of benzene rings is 1. The number of hydrogen-bond donors (Lipinski definition) is 2. The van der Waals surface area contributed by atoms with E-state index in [-0.39, 0.29) is 5.41 Å². The Morgan fingerprint density at radius 1 is 0.750 bits per heavy atom. The Morgan fingerprint density at radius 3 is 1.96 bits per heavy atom. The maximum Gasteiger partial charge on any atom is 0.109 e. The average molecular weight is 471 g/mol. The van der Waals surface area contributed by atoms with Crippen LogP contribution in [0.3, 0.4) is 0 Å². The minimum Gasteiger partial charge on any atom is -0.152 e. The van der Waals surface area contributed by atoms with Gasteiger partial charge < -0.3 is 0 Å². The molecule has 0 spiro atoms. The van der Waals surface area contributed by atoms with E-state index < -0.39 is 4.08 Å². The second-order valence-corrected chi connectivity index (χ2v) is 13.7. The molecule has 0 atom stereocenters. The Hall–Kier alpha value is -0.760. The number of fused-ring (bicyclic) bond motifs is 10. The van der Waals surface area contributed by atoms with Crippen molar-refractivity contribution in [2.24, 2.45) is 0 Å². The molecule has 6 heteroatoms. The summed E-state index contributed by atoms with van der Waals surface area (Å²) in [5, 5.41) is 4.40. The molecule has 0 radical (unpaired) electrons. The van der Waals surface area contributed by atoms with Gasteiger partial charge in [-0.2, -0.15) is 25.3 Å². The van der Waals surface area contributed by atoms with Crippen LogP contribution in [-0.4, -0.2) is 0 Å². The summed E-state index contributed by atoms with van der Waals surface area (Å²) in [7, 11) is 0. The molecule has 138 valence electrons. The van der Waals surface area contributed by atoms with Gasteiger partial charge in [-0.25, -0.2) is 0 Å². The molecular weight excluding hydrogens is 457 g/mol. The highest BCUT2D eigenvalue weighted by atomic mass is 32.2. The van der Waals surface area contributed by atoms with Gasteiger partial charge >= 0.3 is 0 Å². The van der Waals surface area contributed by atoms with Crippen molar-refractivity contribution in [2.45, 2.75) is 23.3 Å². The standard InChI is InChI=1S/C22H14S6/c1-21(2)11-7-10-12(8-9(11)17-15(21)19-13(27-17)3-5-25-19)22(23,24)16-18(10)28-14-4-6-26-20(14)16/h3-8,23-24H,1-2H3. The smallest absolute Gasteiger partial charge is 0.109 e. The van der Waals surface area contributed by atoms with E-state index in [9.17, 15) is 0 Å². The monoisotopic (exact) mass is 470 g/mol. The lowest BCUT2D eigenvalue weighted by molar-refractivity contribution is 0.668. The average Bonchev–Trinajstić information content (AvgIpc) is 3.40. The molecule has 0 amide bonds. The minimum absolute atomic E-state index is 0.0239. The van der Waals surface area contributed by atoms with Crippen molar-refractivity contribution in [3.63, 3.8) is 0 Å². The maximum absolute atomic E-state index is 5.10. The number of rotatable bonds is 0. The highest BCUT2D eigenvalue weighted by Crippen LogP contribution is 2.64. The minimum atomic E-state index is -0.537. The van der Waals surface area contributed by atoms with Gasteiger partial charge in [0.05, 0.1) is 4.70 Å². The number of thiophene rings is 4. The largest absolute Gasteiger partial charge is 0.152 e.